The lowest BCUT2D eigenvalue weighted by atomic mass is 9.98. The number of hydrogen-bond acceptors (Lipinski definition) is 3. The van der Waals surface area contributed by atoms with Gasteiger partial charge in [0.2, 0.25) is 0 Å². The topological polar surface area (TPSA) is 52.3 Å². The van der Waals surface area contributed by atoms with E-state index in [4.69, 9.17) is 5.73 Å². The van der Waals surface area contributed by atoms with E-state index in [-0.39, 0.29) is 12.4 Å². The van der Waals surface area contributed by atoms with Crippen LogP contribution in [0.15, 0.2) is 18.2 Å². The molecule has 3 nitrogen and oxygen atoms in total. The van der Waals surface area contributed by atoms with Crippen molar-refractivity contribution in [3.05, 3.63) is 34.9 Å². The molecule has 1 unspecified atom stereocenters. The predicted molar refractivity (Wildman–Crippen MR) is 62.1 cm³/mol. The Morgan fingerprint density at radius 1 is 1.40 bits per heavy atom. The minimum atomic E-state index is -0.681. The van der Waals surface area contributed by atoms with Crippen molar-refractivity contribution in [3.63, 3.8) is 0 Å². The van der Waals surface area contributed by atoms with Crippen LogP contribution in [0.5, 0.6) is 0 Å². The van der Waals surface area contributed by atoms with E-state index in [1.807, 2.05) is 32.0 Å². The van der Waals surface area contributed by atoms with Crippen molar-refractivity contribution < 1.29 is 9.53 Å². The molecule has 0 aromatic heterocycles. The lowest BCUT2D eigenvalue weighted by Crippen LogP contribution is -2.23. The van der Waals surface area contributed by atoms with Crippen LogP contribution in [0.2, 0.25) is 0 Å². The molecular formula is C11H16ClNO2. The average Bonchev–Trinajstić information content (AvgIpc) is 2.20. The molecule has 0 aliphatic carbocycles. The summed E-state index contributed by atoms with van der Waals surface area (Å²) in [6.07, 6.45) is 0. The molecule has 0 fully saturated rings. The molecule has 2 N–H and O–H groups in total. The van der Waals surface area contributed by atoms with Gasteiger partial charge in [0.05, 0.1) is 7.11 Å². The van der Waals surface area contributed by atoms with Crippen LogP contribution in [0.1, 0.15) is 22.7 Å². The molecule has 0 heterocycles. The summed E-state index contributed by atoms with van der Waals surface area (Å²) in [4.78, 5) is 11.2. The molecular weight excluding hydrogens is 214 g/mol. The maximum Gasteiger partial charge on any atom is 0.327 e. The standard InChI is InChI=1S/C11H15NO2.ClH/c1-7-5-4-6-9(8(7)2)10(12)11(13)14-3;/h4-6,10H,12H2,1-3H3;1H. The summed E-state index contributed by atoms with van der Waals surface area (Å²) < 4.78 is 4.60. The molecule has 1 atom stereocenters. The number of methoxy groups -OCH3 is 1. The molecule has 0 radical (unpaired) electrons. The van der Waals surface area contributed by atoms with Crippen molar-refractivity contribution in [1.82, 2.24) is 0 Å². The average molecular weight is 230 g/mol. The molecule has 4 heteroatoms. The largest absolute Gasteiger partial charge is 0.468 e. The Morgan fingerprint density at radius 3 is 2.53 bits per heavy atom. The second kappa shape index (κ2) is 5.73. The van der Waals surface area contributed by atoms with E-state index in [0.717, 1.165) is 16.7 Å². The lowest BCUT2D eigenvalue weighted by Gasteiger charge is -2.13. The quantitative estimate of drug-likeness (QED) is 0.789. The van der Waals surface area contributed by atoms with Crippen LogP contribution in [0, 0.1) is 13.8 Å². The van der Waals surface area contributed by atoms with Gasteiger partial charge >= 0.3 is 5.97 Å². The molecule has 1 aromatic rings. The number of nitrogens with two attached hydrogens (primary N) is 1. The third kappa shape index (κ3) is 2.94. The lowest BCUT2D eigenvalue weighted by molar-refractivity contribution is -0.142. The van der Waals surface area contributed by atoms with Crippen LogP contribution >= 0.6 is 12.4 Å². The summed E-state index contributed by atoms with van der Waals surface area (Å²) in [6, 6.07) is 5.05. The molecule has 1 rings (SSSR count). The van der Waals surface area contributed by atoms with Gasteiger partial charge in [0, 0.05) is 0 Å². The van der Waals surface area contributed by atoms with E-state index in [0.29, 0.717) is 0 Å². The van der Waals surface area contributed by atoms with Crippen molar-refractivity contribution in [2.24, 2.45) is 5.73 Å². The highest BCUT2D eigenvalue weighted by atomic mass is 35.5. The van der Waals surface area contributed by atoms with Crippen molar-refractivity contribution in [1.29, 1.82) is 0 Å². The SMILES string of the molecule is COC(=O)C(N)c1cccc(C)c1C.Cl. The van der Waals surface area contributed by atoms with Gasteiger partial charge in [0.1, 0.15) is 6.04 Å². The zero-order chi connectivity index (χ0) is 10.7. The molecule has 0 saturated carbocycles. The number of benzene rings is 1. The van der Waals surface area contributed by atoms with Crippen LogP contribution in [0.3, 0.4) is 0 Å². The number of carbonyl (C=O) groups is 1. The summed E-state index contributed by atoms with van der Waals surface area (Å²) >= 11 is 0. The number of halogens is 1. The van der Waals surface area contributed by atoms with Crippen molar-refractivity contribution in [3.8, 4) is 0 Å². The summed E-state index contributed by atoms with van der Waals surface area (Å²) in [5, 5.41) is 0. The molecule has 0 bridgehead atoms. The maximum atomic E-state index is 11.2. The molecule has 0 saturated heterocycles. The highest BCUT2D eigenvalue weighted by molar-refractivity contribution is 5.85. The number of hydrogen-bond donors (Lipinski definition) is 1. The van der Waals surface area contributed by atoms with Gasteiger partial charge in [0.25, 0.3) is 0 Å². The first-order valence-electron chi connectivity index (χ1n) is 4.47. The van der Waals surface area contributed by atoms with Crippen LogP contribution < -0.4 is 5.73 Å². The van der Waals surface area contributed by atoms with Crippen molar-refractivity contribution >= 4 is 18.4 Å². The minimum Gasteiger partial charge on any atom is -0.468 e. The highest BCUT2D eigenvalue weighted by Crippen LogP contribution is 2.19. The first-order valence-corrected chi connectivity index (χ1v) is 4.47. The maximum absolute atomic E-state index is 11.2. The fourth-order valence-electron chi connectivity index (χ4n) is 1.36. The van der Waals surface area contributed by atoms with E-state index >= 15 is 0 Å². The highest BCUT2D eigenvalue weighted by Gasteiger charge is 2.18. The molecule has 0 aliphatic heterocycles. The third-order valence-corrected chi connectivity index (χ3v) is 2.44. The van der Waals surface area contributed by atoms with Gasteiger partial charge in [-0.1, -0.05) is 18.2 Å². The Hall–Kier alpha value is -1.06. The Kier molecular flexibility index (Phi) is 5.33. The molecule has 0 spiro atoms. The van der Waals surface area contributed by atoms with Crippen molar-refractivity contribution in [2.75, 3.05) is 7.11 Å². The fraction of sp³-hybridized carbons (Fsp3) is 0.364. The number of carbonyl (C=O) groups excluding carboxylic acids is 1. The summed E-state index contributed by atoms with van der Waals surface area (Å²) in [5.41, 5.74) is 8.75. The van der Waals surface area contributed by atoms with Gasteiger partial charge in [0.15, 0.2) is 0 Å². The number of ether oxygens (including phenoxy) is 1. The fourth-order valence-corrected chi connectivity index (χ4v) is 1.36. The summed E-state index contributed by atoms with van der Waals surface area (Å²) in [6.45, 7) is 3.94. The van der Waals surface area contributed by atoms with E-state index in [1.54, 1.807) is 0 Å². The van der Waals surface area contributed by atoms with Gasteiger partial charge in [-0.05, 0) is 30.5 Å². The van der Waals surface area contributed by atoms with Crippen LogP contribution in [-0.2, 0) is 9.53 Å². The predicted octanol–water partition coefficient (Wildman–Crippen LogP) is 1.90. The van der Waals surface area contributed by atoms with Crippen LogP contribution in [-0.4, -0.2) is 13.1 Å². The van der Waals surface area contributed by atoms with Gasteiger partial charge in [-0.2, -0.15) is 0 Å². The Bertz CT molecular complexity index is 352. The van der Waals surface area contributed by atoms with E-state index in [1.165, 1.54) is 7.11 Å². The monoisotopic (exact) mass is 229 g/mol. The van der Waals surface area contributed by atoms with Crippen LogP contribution in [0.25, 0.3) is 0 Å². The van der Waals surface area contributed by atoms with Crippen molar-refractivity contribution in [2.45, 2.75) is 19.9 Å². The van der Waals surface area contributed by atoms with Gasteiger partial charge in [-0.15, -0.1) is 12.4 Å². The molecule has 84 valence electrons. The number of rotatable bonds is 2. The van der Waals surface area contributed by atoms with E-state index in [9.17, 15) is 4.79 Å². The molecule has 15 heavy (non-hydrogen) atoms. The zero-order valence-electron chi connectivity index (χ0n) is 9.11. The first kappa shape index (κ1) is 13.9. The smallest absolute Gasteiger partial charge is 0.327 e. The number of aryl methyl sites for hydroxylation is 1. The first-order chi connectivity index (χ1) is 6.57. The zero-order valence-corrected chi connectivity index (χ0v) is 9.93. The Labute approximate surface area is 96.0 Å². The molecule has 1 aromatic carbocycles. The molecule has 0 aliphatic rings. The normalized spacial score (nSPS) is 11.5. The van der Waals surface area contributed by atoms with E-state index in [2.05, 4.69) is 4.74 Å². The van der Waals surface area contributed by atoms with E-state index < -0.39 is 12.0 Å². The second-order valence-corrected chi connectivity index (χ2v) is 3.29. The number of esters is 1. The molecule has 0 amide bonds. The third-order valence-electron chi connectivity index (χ3n) is 2.44. The van der Waals surface area contributed by atoms with Gasteiger partial charge < -0.3 is 10.5 Å². The Morgan fingerprint density at radius 2 is 2.00 bits per heavy atom. The summed E-state index contributed by atoms with van der Waals surface area (Å²) in [7, 11) is 1.34. The second-order valence-electron chi connectivity index (χ2n) is 3.29. The minimum absolute atomic E-state index is 0. The summed E-state index contributed by atoms with van der Waals surface area (Å²) in [5.74, 6) is -0.404. The Balaban J connectivity index is 0.00000196. The van der Waals surface area contributed by atoms with Gasteiger partial charge in [-0.25, -0.2) is 0 Å². The van der Waals surface area contributed by atoms with Crippen LogP contribution in [0.4, 0.5) is 0 Å². The van der Waals surface area contributed by atoms with Gasteiger partial charge in [-0.3, -0.25) is 4.79 Å².